The average Bonchev–Trinajstić information content (AvgIpc) is 3.01. The molecule has 0 aliphatic heterocycles. The number of hydrogen-bond donors (Lipinski definition) is 5. The van der Waals surface area contributed by atoms with Crippen LogP contribution in [-0.2, 0) is 0 Å². The smallest absolute Gasteiger partial charge is 0.136 e. The highest BCUT2D eigenvalue weighted by atomic mass is 16.4. The maximum Gasteiger partial charge on any atom is 0.136 e. The zero-order valence-electron chi connectivity index (χ0n) is 16.2. The molecule has 2 fully saturated rings. The van der Waals surface area contributed by atoms with Crippen molar-refractivity contribution in [3.8, 4) is 0 Å². The van der Waals surface area contributed by atoms with E-state index in [1.165, 1.54) is 6.21 Å². The lowest BCUT2D eigenvalue weighted by Gasteiger charge is -2.52. The van der Waals surface area contributed by atoms with Gasteiger partial charge in [0, 0.05) is 17.5 Å². The highest BCUT2D eigenvalue weighted by molar-refractivity contribution is 5.72. The van der Waals surface area contributed by atoms with E-state index in [9.17, 15) is 20.4 Å². The Morgan fingerprint density at radius 3 is 2.27 bits per heavy atom. The molecule has 9 unspecified atom stereocenters. The van der Waals surface area contributed by atoms with Gasteiger partial charge in [-0.05, 0) is 48.7 Å². The minimum atomic E-state index is -1.87. The van der Waals surface area contributed by atoms with Gasteiger partial charge in [0.15, 0.2) is 0 Å². The molecular weight excluding hydrogens is 330 g/mol. The summed E-state index contributed by atoms with van der Waals surface area (Å²) in [7, 11) is 0. The van der Waals surface area contributed by atoms with Crippen LogP contribution in [0.3, 0.4) is 0 Å². The summed E-state index contributed by atoms with van der Waals surface area (Å²) in [6.07, 6.45) is 2.40. The van der Waals surface area contributed by atoms with E-state index >= 15 is 0 Å². The molecular formula is C21H31NO4. The highest BCUT2D eigenvalue weighted by Gasteiger charge is 2.80. The molecule has 2 bridgehead atoms. The van der Waals surface area contributed by atoms with Crippen molar-refractivity contribution in [2.24, 2.45) is 34.0 Å². The number of aliphatic hydroxyl groups excluding tert-OH is 3. The van der Waals surface area contributed by atoms with Gasteiger partial charge in [-0.2, -0.15) is 0 Å². The van der Waals surface area contributed by atoms with Gasteiger partial charge in [-0.1, -0.05) is 32.9 Å². The van der Waals surface area contributed by atoms with Crippen molar-refractivity contribution >= 4 is 6.21 Å². The lowest BCUT2D eigenvalue weighted by molar-refractivity contribution is -0.215. The third-order valence-corrected chi connectivity index (χ3v) is 8.80. The van der Waals surface area contributed by atoms with E-state index < -0.39 is 34.7 Å². The predicted molar refractivity (Wildman–Crippen MR) is 98.7 cm³/mol. The number of fused-ring (bicyclic) bond motifs is 3. The summed E-state index contributed by atoms with van der Waals surface area (Å²) in [5, 5.41) is 53.5. The fraction of sp³-hybridized carbons (Fsp3) is 0.762. The Labute approximate surface area is 154 Å². The molecule has 2 saturated carbocycles. The van der Waals surface area contributed by atoms with Crippen molar-refractivity contribution in [3.05, 3.63) is 23.3 Å². The van der Waals surface area contributed by atoms with Crippen LogP contribution in [-0.4, -0.2) is 50.6 Å². The number of aliphatic hydroxyl groups is 4. The zero-order valence-corrected chi connectivity index (χ0v) is 16.2. The monoisotopic (exact) mass is 361 g/mol. The van der Waals surface area contributed by atoms with Gasteiger partial charge < -0.3 is 25.8 Å². The van der Waals surface area contributed by atoms with Gasteiger partial charge in [-0.15, -0.1) is 0 Å². The van der Waals surface area contributed by atoms with Gasteiger partial charge in [0.1, 0.15) is 17.8 Å². The van der Waals surface area contributed by atoms with Crippen LogP contribution in [0.5, 0.6) is 0 Å². The molecule has 1 spiro atoms. The standard InChI is InChI=1S/C21H31NO4/c1-10-6-13-17(25)19(8-11(2)16(24)21(19,26)15(10)23)12(3)7-14-18(4,5)20(13,14)9-22/h6,8-9,12-17,22-26H,7H2,1-5H3. The number of hydrogen-bond acceptors (Lipinski definition) is 5. The van der Waals surface area contributed by atoms with Crippen molar-refractivity contribution in [3.63, 3.8) is 0 Å². The quantitative estimate of drug-likeness (QED) is 0.362. The Hall–Kier alpha value is -1.01. The van der Waals surface area contributed by atoms with Crippen LogP contribution in [0.1, 0.15) is 41.0 Å². The molecule has 5 nitrogen and oxygen atoms in total. The third-order valence-electron chi connectivity index (χ3n) is 8.80. The van der Waals surface area contributed by atoms with Crippen molar-refractivity contribution in [1.82, 2.24) is 0 Å². The molecule has 0 amide bonds. The van der Waals surface area contributed by atoms with Gasteiger partial charge in [-0.3, -0.25) is 0 Å². The van der Waals surface area contributed by atoms with Crippen LogP contribution >= 0.6 is 0 Å². The zero-order chi connectivity index (χ0) is 19.4. The molecule has 9 atom stereocenters. The first-order valence-corrected chi connectivity index (χ1v) is 9.60. The fourth-order valence-corrected chi connectivity index (χ4v) is 7.23. The molecule has 4 aliphatic carbocycles. The van der Waals surface area contributed by atoms with Crippen molar-refractivity contribution < 1.29 is 20.4 Å². The normalized spacial score (nSPS) is 57.1. The van der Waals surface area contributed by atoms with E-state index in [2.05, 4.69) is 13.8 Å². The second-order valence-electron chi connectivity index (χ2n) is 9.82. The van der Waals surface area contributed by atoms with E-state index in [0.29, 0.717) is 11.1 Å². The molecule has 0 aromatic heterocycles. The van der Waals surface area contributed by atoms with Crippen molar-refractivity contribution in [1.29, 1.82) is 5.41 Å². The van der Waals surface area contributed by atoms with Crippen LogP contribution in [0.2, 0.25) is 0 Å². The summed E-state index contributed by atoms with van der Waals surface area (Å²) in [6.45, 7) is 9.76. The molecule has 144 valence electrons. The second-order valence-corrected chi connectivity index (χ2v) is 9.82. The van der Waals surface area contributed by atoms with Gasteiger partial charge in [0.25, 0.3) is 0 Å². The molecule has 4 rings (SSSR count). The van der Waals surface area contributed by atoms with Crippen molar-refractivity contribution in [2.75, 3.05) is 0 Å². The summed E-state index contributed by atoms with van der Waals surface area (Å²) in [5.74, 6) is -0.320. The summed E-state index contributed by atoms with van der Waals surface area (Å²) >= 11 is 0. The Bertz CT molecular complexity index is 742. The number of rotatable bonds is 1. The first kappa shape index (κ1) is 18.4. The summed E-state index contributed by atoms with van der Waals surface area (Å²) < 4.78 is 0. The van der Waals surface area contributed by atoms with E-state index in [-0.39, 0.29) is 23.2 Å². The van der Waals surface area contributed by atoms with Gasteiger partial charge in [0.05, 0.1) is 11.5 Å². The van der Waals surface area contributed by atoms with E-state index in [0.717, 1.165) is 6.42 Å². The van der Waals surface area contributed by atoms with Gasteiger partial charge >= 0.3 is 0 Å². The van der Waals surface area contributed by atoms with Crippen LogP contribution < -0.4 is 0 Å². The maximum atomic E-state index is 11.7. The van der Waals surface area contributed by atoms with E-state index in [1.807, 2.05) is 19.1 Å². The van der Waals surface area contributed by atoms with E-state index in [1.54, 1.807) is 13.8 Å². The third kappa shape index (κ3) is 1.54. The lowest BCUT2D eigenvalue weighted by atomic mass is 9.57. The maximum absolute atomic E-state index is 11.7. The second kappa shape index (κ2) is 4.88. The van der Waals surface area contributed by atoms with Crippen LogP contribution in [0, 0.1) is 39.4 Å². The Morgan fingerprint density at radius 1 is 1.12 bits per heavy atom. The molecule has 0 aromatic rings. The Balaban J connectivity index is 2.03. The van der Waals surface area contributed by atoms with Crippen LogP contribution in [0.25, 0.3) is 0 Å². The van der Waals surface area contributed by atoms with E-state index in [4.69, 9.17) is 5.41 Å². The van der Waals surface area contributed by atoms with Gasteiger partial charge in [0.2, 0.25) is 0 Å². The van der Waals surface area contributed by atoms with Gasteiger partial charge in [-0.25, -0.2) is 0 Å². The summed E-state index contributed by atoms with van der Waals surface area (Å²) in [4.78, 5) is 0. The van der Waals surface area contributed by atoms with Crippen molar-refractivity contribution in [2.45, 2.75) is 65.0 Å². The SMILES string of the molecule is CC1=CC2C(O)C3(C=C(C)C(O)C3(O)C1O)C(C)CC1C(C)(C)C21C=N. The Morgan fingerprint density at radius 2 is 1.69 bits per heavy atom. The minimum Gasteiger partial charge on any atom is -0.391 e. The Kier molecular flexibility index (Phi) is 3.44. The molecule has 0 radical (unpaired) electrons. The topological polar surface area (TPSA) is 105 Å². The average molecular weight is 361 g/mol. The first-order chi connectivity index (χ1) is 11.9. The molecule has 0 aromatic carbocycles. The first-order valence-electron chi connectivity index (χ1n) is 9.60. The summed E-state index contributed by atoms with van der Waals surface area (Å²) in [5.41, 5.74) is -2.49. The molecule has 5 heteroatoms. The highest BCUT2D eigenvalue weighted by Crippen LogP contribution is 2.78. The lowest BCUT2D eigenvalue weighted by Crippen LogP contribution is -2.66. The molecule has 0 saturated heterocycles. The fourth-order valence-electron chi connectivity index (χ4n) is 7.23. The minimum absolute atomic E-state index is 0.129. The largest absolute Gasteiger partial charge is 0.391 e. The molecule has 5 N–H and O–H groups in total. The predicted octanol–water partition coefficient (Wildman–Crippen LogP) is 1.65. The summed E-state index contributed by atoms with van der Waals surface area (Å²) in [6, 6.07) is 0. The number of nitrogens with one attached hydrogen (secondary N) is 1. The van der Waals surface area contributed by atoms with Crippen LogP contribution in [0.15, 0.2) is 23.3 Å². The molecule has 4 aliphatic rings. The molecule has 26 heavy (non-hydrogen) atoms. The van der Waals surface area contributed by atoms with Crippen LogP contribution in [0.4, 0.5) is 0 Å². The molecule has 0 heterocycles.